The first kappa shape index (κ1) is 12.5. The summed E-state index contributed by atoms with van der Waals surface area (Å²) in [5.74, 6) is -0.204. The molecule has 8 heteroatoms. The van der Waals surface area contributed by atoms with Gasteiger partial charge in [-0.05, 0) is 0 Å². The Morgan fingerprint density at radius 2 is 2.11 bits per heavy atom. The number of thioether (sulfide) groups is 1. The summed E-state index contributed by atoms with van der Waals surface area (Å²) in [5, 5.41) is 17.3. The standard InChI is InChI=1S/C10H11N5O2S/c1-2-8-13-14-10(18-5-9(16)17)15(8)7-3-11-6-12-4-7/h3-4,6H,2,5H2,1H3,(H,16,17). The molecule has 0 atom stereocenters. The summed E-state index contributed by atoms with van der Waals surface area (Å²) >= 11 is 1.12. The Kier molecular flexibility index (Phi) is 3.88. The first-order valence-electron chi connectivity index (χ1n) is 5.26. The van der Waals surface area contributed by atoms with Gasteiger partial charge in [0.15, 0.2) is 5.16 Å². The number of aryl methyl sites for hydroxylation is 1. The minimum absolute atomic E-state index is 0.0600. The topological polar surface area (TPSA) is 93.8 Å². The van der Waals surface area contributed by atoms with Crippen LogP contribution in [0.3, 0.4) is 0 Å². The van der Waals surface area contributed by atoms with Crippen LogP contribution in [0.4, 0.5) is 0 Å². The van der Waals surface area contributed by atoms with E-state index >= 15 is 0 Å². The number of aromatic nitrogens is 5. The van der Waals surface area contributed by atoms with Gasteiger partial charge in [-0.25, -0.2) is 9.97 Å². The monoisotopic (exact) mass is 265 g/mol. The average molecular weight is 265 g/mol. The highest BCUT2D eigenvalue weighted by atomic mass is 32.2. The van der Waals surface area contributed by atoms with Crippen molar-refractivity contribution in [2.24, 2.45) is 0 Å². The van der Waals surface area contributed by atoms with Crippen LogP contribution in [-0.4, -0.2) is 41.6 Å². The number of aliphatic carboxylic acids is 1. The van der Waals surface area contributed by atoms with Crippen LogP contribution in [0.1, 0.15) is 12.7 Å². The van der Waals surface area contributed by atoms with Gasteiger partial charge in [0, 0.05) is 6.42 Å². The Bertz CT molecular complexity index is 542. The van der Waals surface area contributed by atoms with Gasteiger partial charge in [0.05, 0.1) is 23.8 Å². The fourth-order valence-electron chi connectivity index (χ4n) is 1.42. The lowest BCUT2D eigenvalue weighted by molar-refractivity contribution is -0.133. The number of hydrogen-bond donors (Lipinski definition) is 1. The van der Waals surface area contributed by atoms with E-state index in [9.17, 15) is 4.79 Å². The highest BCUT2D eigenvalue weighted by Crippen LogP contribution is 2.21. The number of rotatable bonds is 5. The molecule has 7 nitrogen and oxygen atoms in total. The van der Waals surface area contributed by atoms with Crippen LogP contribution in [-0.2, 0) is 11.2 Å². The lowest BCUT2D eigenvalue weighted by atomic mass is 10.4. The molecule has 18 heavy (non-hydrogen) atoms. The maximum atomic E-state index is 10.6. The van der Waals surface area contributed by atoms with Crippen LogP contribution in [0, 0.1) is 0 Å². The predicted octanol–water partition coefficient (Wildman–Crippen LogP) is 0.796. The Morgan fingerprint density at radius 1 is 1.39 bits per heavy atom. The van der Waals surface area contributed by atoms with Crippen molar-refractivity contribution < 1.29 is 9.90 Å². The fraction of sp³-hybridized carbons (Fsp3) is 0.300. The number of carboxylic acids is 1. The molecule has 94 valence electrons. The summed E-state index contributed by atoms with van der Waals surface area (Å²) in [6.45, 7) is 1.95. The Balaban J connectivity index is 2.37. The second-order valence-electron chi connectivity index (χ2n) is 3.37. The van der Waals surface area contributed by atoms with Crippen LogP contribution < -0.4 is 0 Å². The molecule has 0 saturated heterocycles. The third kappa shape index (κ3) is 2.65. The van der Waals surface area contributed by atoms with Crippen molar-refractivity contribution in [1.29, 1.82) is 0 Å². The average Bonchev–Trinajstić information content (AvgIpc) is 2.80. The van der Waals surface area contributed by atoms with E-state index in [1.807, 2.05) is 6.92 Å². The molecule has 0 unspecified atom stereocenters. The zero-order valence-corrected chi connectivity index (χ0v) is 10.5. The van der Waals surface area contributed by atoms with Gasteiger partial charge in [0.1, 0.15) is 12.2 Å². The molecule has 2 heterocycles. The van der Waals surface area contributed by atoms with Crippen LogP contribution in [0.25, 0.3) is 5.69 Å². The zero-order chi connectivity index (χ0) is 13.0. The second kappa shape index (κ2) is 5.58. The van der Waals surface area contributed by atoms with E-state index < -0.39 is 5.97 Å². The number of nitrogens with zero attached hydrogens (tertiary/aromatic N) is 5. The molecule has 0 radical (unpaired) electrons. The Labute approximate surface area is 107 Å². The Hall–Kier alpha value is -1.96. The molecule has 2 rings (SSSR count). The van der Waals surface area contributed by atoms with Gasteiger partial charge in [-0.15, -0.1) is 10.2 Å². The third-order valence-electron chi connectivity index (χ3n) is 2.15. The largest absolute Gasteiger partial charge is 0.481 e. The van der Waals surface area contributed by atoms with E-state index in [1.54, 1.807) is 17.0 Å². The molecule has 0 aliphatic carbocycles. The molecule has 0 spiro atoms. The maximum absolute atomic E-state index is 10.6. The van der Waals surface area contributed by atoms with Gasteiger partial charge in [-0.2, -0.15) is 0 Å². The summed E-state index contributed by atoms with van der Waals surface area (Å²) in [5.41, 5.74) is 0.729. The normalized spacial score (nSPS) is 10.5. The minimum atomic E-state index is -0.892. The van der Waals surface area contributed by atoms with Crippen molar-refractivity contribution in [3.05, 3.63) is 24.5 Å². The van der Waals surface area contributed by atoms with Gasteiger partial charge in [0.25, 0.3) is 0 Å². The molecule has 0 saturated carbocycles. The molecule has 0 aliphatic rings. The van der Waals surface area contributed by atoms with Gasteiger partial charge >= 0.3 is 5.97 Å². The van der Waals surface area contributed by atoms with E-state index in [2.05, 4.69) is 20.2 Å². The molecule has 0 aromatic carbocycles. The van der Waals surface area contributed by atoms with E-state index in [1.165, 1.54) is 6.33 Å². The minimum Gasteiger partial charge on any atom is -0.481 e. The van der Waals surface area contributed by atoms with Crippen molar-refractivity contribution in [2.75, 3.05) is 5.75 Å². The molecule has 0 aliphatic heterocycles. The lowest BCUT2D eigenvalue weighted by Gasteiger charge is -2.07. The highest BCUT2D eigenvalue weighted by molar-refractivity contribution is 7.99. The molecule has 0 bridgehead atoms. The quantitative estimate of drug-likeness (QED) is 0.799. The van der Waals surface area contributed by atoms with Crippen molar-refractivity contribution in [3.8, 4) is 5.69 Å². The molecular weight excluding hydrogens is 254 g/mol. The first-order chi connectivity index (χ1) is 8.72. The van der Waals surface area contributed by atoms with Gasteiger partial charge < -0.3 is 5.11 Å². The summed E-state index contributed by atoms with van der Waals surface area (Å²) in [7, 11) is 0. The summed E-state index contributed by atoms with van der Waals surface area (Å²) in [4.78, 5) is 18.5. The van der Waals surface area contributed by atoms with E-state index in [0.29, 0.717) is 11.6 Å². The summed E-state index contributed by atoms with van der Waals surface area (Å²) in [6, 6.07) is 0. The van der Waals surface area contributed by atoms with Crippen molar-refractivity contribution in [3.63, 3.8) is 0 Å². The smallest absolute Gasteiger partial charge is 0.313 e. The van der Waals surface area contributed by atoms with Gasteiger partial charge in [-0.3, -0.25) is 9.36 Å². The first-order valence-corrected chi connectivity index (χ1v) is 6.25. The van der Waals surface area contributed by atoms with Gasteiger partial charge in [0.2, 0.25) is 0 Å². The molecule has 1 N–H and O–H groups in total. The number of hydrogen-bond acceptors (Lipinski definition) is 6. The van der Waals surface area contributed by atoms with Crippen LogP contribution in [0.2, 0.25) is 0 Å². The van der Waals surface area contributed by atoms with E-state index in [-0.39, 0.29) is 5.75 Å². The van der Waals surface area contributed by atoms with Crippen LogP contribution >= 0.6 is 11.8 Å². The van der Waals surface area contributed by atoms with Crippen molar-refractivity contribution in [1.82, 2.24) is 24.7 Å². The molecule has 0 amide bonds. The highest BCUT2D eigenvalue weighted by Gasteiger charge is 2.14. The van der Waals surface area contributed by atoms with Crippen molar-refractivity contribution >= 4 is 17.7 Å². The van der Waals surface area contributed by atoms with Gasteiger partial charge in [-0.1, -0.05) is 18.7 Å². The zero-order valence-electron chi connectivity index (χ0n) is 9.65. The Morgan fingerprint density at radius 3 is 2.72 bits per heavy atom. The molecular formula is C10H11N5O2S. The van der Waals surface area contributed by atoms with E-state index in [0.717, 1.165) is 23.3 Å². The third-order valence-corrected chi connectivity index (χ3v) is 3.06. The number of carbonyl (C=O) groups is 1. The SMILES string of the molecule is CCc1nnc(SCC(=O)O)n1-c1cncnc1. The molecule has 2 aromatic rings. The van der Waals surface area contributed by atoms with Crippen molar-refractivity contribution in [2.45, 2.75) is 18.5 Å². The number of carboxylic acid groups (broad SMARTS) is 1. The second-order valence-corrected chi connectivity index (χ2v) is 4.31. The maximum Gasteiger partial charge on any atom is 0.313 e. The predicted molar refractivity (Wildman–Crippen MR) is 64.7 cm³/mol. The molecule has 0 fully saturated rings. The lowest BCUT2D eigenvalue weighted by Crippen LogP contribution is -2.05. The fourth-order valence-corrected chi connectivity index (χ4v) is 2.11. The van der Waals surface area contributed by atoms with Crippen LogP contribution in [0.15, 0.2) is 23.9 Å². The summed E-state index contributed by atoms with van der Waals surface area (Å²) < 4.78 is 1.77. The molecule has 2 aromatic heterocycles. The van der Waals surface area contributed by atoms with E-state index in [4.69, 9.17) is 5.11 Å². The van der Waals surface area contributed by atoms with Crippen LogP contribution in [0.5, 0.6) is 0 Å². The summed E-state index contributed by atoms with van der Waals surface area (Å²) in [6.07, 6.45) is 5.40.